The maximum Gasteiger partial charge on any atom is 0.262 e. The minimum atomic E-state index is -3.67. The van der Waals surface area contributed by atoms with Crippen LogP contribution >= 0.6 is 0 Å². The van der Waals surface area contributed by atoms with Gasteiger partial charge in [-0.05, 0) is 44.9 Å². The van der Waals surface area contributed by atoms with E-state index in [0.29, 0.717) is 54.3 Å². The van der Waals surface area contributed by atoms with Crippen LogP contribution < -0.4 is 15.6 Å². The van der Waals surface area contributed by atoms with Crippen LogP contribution in [0.1, 0.15) is 57.1 Å². The molecule has 2 fully saturated rings. The molecule has 1 aliphatic heterocycles. The summed E-state index contributed by atoms with van der Waals surface area (Å²) in [4.78, 5) is 21.2. The van der Waals surface area contributed by atoms with Crippen LogP contribution in [0.15, 0.2) is 27.9 Å². The van der Waals surface area contributed by atoms with Gasteiger partial charge in [-0.3, -0.25) is 4.79 Å². The molecular weight excluding hydrogens is 480 g/mol. The van der Waals surface area contributed by atoms with Gasteiger partial charge in [0, 0.05) is 38.2 Å². The molecule has 10 nitrogen and oxygen atoms in total. The number of hydrogen-bond donors (Lipinski definition) is 2. The van der Waals surface area contributed by atoms with Gasteiger partial charge in [0.05, 0.1) is 23.3 Å². The monoisotopic (exact) mass is 514 g/mol. The average Bonchev–Trinajstić information content (AvgIpc) is 3.06. The van der Waals surface area contributed by atoms with Gasteiger partial charge in [-0.2, -0.15) is 9.40 Å². The number of ether oxygens (including phenoxy) is 1. The molecule has 11 heteroatoms. The number of fused-ring (bicyclic) bond motifs is 1. The number of hydrogen-bond acceptors (Lipinski definition) is 7. The van der Waals surface area contributed by atoms with Crippen molar-refractivity contribution in [2.45, 2.75) is 62.8 Å². The Morgan fingerprint density at radius 2 is 1.92 bits per heavy atom. The lowest BCUT2D eigenvalue weighted by Crippen LogP contribution is -2.34. The number of aromatic nitrogens is 4. The zero-order chi connectivity index (χ0) is 25.3. The van der Waals surface area contributed by atoms with Crippen molar-refractivity contribution in [3.8, 4) is 17.1 Å². The highest BCUT2D eigenvalue weighted by molar-refractivity contribution is 7.89. The molecule has 0 unspecified atom stereocenters. The second-order valence-corrected chi connectivity index (χ2v) is 11.5. The number of aromatic amines is 1. The van der Waals surface area contributed by atoms with Crippen LogP contribution in [0.5, 0.6) is 5.75 Å². The Bertz CT molecular complexity index is 1400. The number of nitrogens with zero attached hydrogens (tertiary/aromatic N) is 4. The summed E-state index contributed by atoms with van der Waals surface area (Å²) in [5.41, 5.74) is 1.68. The molecule has 1 aliphatic carbocycles. The summed E-state index contributed by atoms with van der Waals surface area (Å²) in [6.45, 7) is 4.88. The predicted molar refractivity (Wildman–Crippen MR) is 138 cm³/mol. The zero-order valence-corrected chi connectivity index (χ0v) is 21.7. The molecule has 2 aromatic heterocycles. The summed E-state index contributed by atoms with van der Waals surface area (Å²) in [5, 5.41) is 8.57. The van der Waals surface area contributed by atoms with E-state index in [-0.39, 0.29) is 16.4 Å². The van der Waals surface area contributed by atoms with Crippen molar-refractivity contribution in [2.75, 3.05) is 33.3 Å². The molecule has 36 heavy (non-hydrogen) atoms. The summed E-state index contributed by atoms with van der Waals surface area (Å²) in [6, 6.07) is 4.72. The van der Waals surface area contributed by atoms with Gasteiger partial charge < -0.3 is 15.0 Å². The van der Waals surface area contributed by atoms with Crippen LogP contribution in [0.4, 0.5) is 0 Å². The molecule has 1 aromatic carbocycles. The lowest BCUT2D eigenvalue weighted by Gasteiger charge is -2.20. The lowest BCUT2D eigenvalue weighted by atomic mass is 9.86. The largest absolute Gasteiger partial charge is 0.496 e. The van der Waals surface area contributed by atoms with Crippen LogP contribution in [0.2, 0.25) is 0 Å². The van der Waals surface area contributed by atoms with Crippen LogP contribution in [-0.2, 0) is 16.6 Å². The number of H-pyrrole nitrogens is 1. The van der Waals surface area contributed by atoms with Crippen molar-refractivity contribution in [1.82, 2.24) is 29.4 Å². The van der Waals surface area contributed by atoms with Crippen molar-refractivity contribution in [3.05, 3.63) is 34.2 Å². The van der Waals surface area contributed by atoms with E-state index in [1.807, 2.05) is 6.92 Å². The molecule has 5 rings (SSSR count). The third-order valence-corrected chi connectivity index (χ3v) is 9.18. The Hall–Kier alpha value is -2.76. The standard InChI is InChI=1S/C25H34N6O4S/c1-3-31-24-21(22(29-31)17-8-5-4-6-9-17)25(32)28-23(27-24)19-11-10-18(16-20(19)35-2)36(33,34)30-14-7-12-26-13-15-30/h10-11,16-17,26H,3-9,12-15H2,1-2H3,(H,27,28,32). The van der Waals surface area contributed by atoms with Crippen LogP contribution in [0.25, 0.3) is 22.4 Å². The summed E-state index contributed by atoms with van der Waals surface area (Å²) < 4.78 is 35.4. The average molecular weight is 515 g/mol. The number of aryl methyl sites for hydroxylation is 1. The molecule has 1 saturated heterocycles. The number of benzene rings is 1. The van der Waals surface area contributed by atoms with Crippen molar-refractivity contribution in [1.29, 1.82) is 0 Å². The van der Waals surface area contributed by atoms with E-state index in [9.17, 15) is 13.2 Å². The maximum absolute atomic E-state index is 13.3. The molecule has 2 N–H and O–H groups in total. The van der Waals surface area contributed by atoms with E-state index in [1.54, 1.807) is 16.8 Å². The third kappa shape index (κ3) is 4.55. The molecule has 0 bridgehead atoms. The van der Waals surface area contributed by atoms with Gasteiger partial charge in [0.15, 0.2) is 5.65 Å². The Morgan fingerprint density at radius 1 is 1.11 bits per heavy atom. The second kappa shape index (κ2) is 10.3. The topological polar surface area (TPSA) is 122 Å². The fourth-order valence-corrected chi connectivity index (χ4v) is 6.85. The second-order valence-electron chi connectivity index (χ2n) is 9.52. The van der Waals surface area contributed by atoms with Crippen molar-refractivity contribution in [3.63, 3.8) is 0 Å². The summed E-state index contributed by atoms with van der Waals surface area (Å²) in [6.07, 6.45) is 6.35. The van der Waals surface area contributed by atoms with E-state index in [4.69, 9.17) is 14.8 Å². The zero-order valence-electron chi connectivity index (χ0n) is 20.9. The van der Waals surface area contributed by atoms with Crippen molar-refractivity contribution in [2.24, 2.45) is 0 Å². The Morgan fingerprint density at radius 3 is 2.67 bits per heavy atom. The number of sulfonamides is 1. The molecule has 0 atom stereocenters. The van der Waals surface area contributed by atoms with Crippen LogP contribution in [0.3, 0.4) is 0 Å². The van der Waals surface area contributed by atoms with Gasteiger partial charge in [-0.25, -0.2) is 18.1 Å². The number of methoxy groups -OCH3 is 1. The normalized spacial score (nSPS) is 18.4. The van der Waals surface area contributed by atoms with Gasteiger partial charge in [0.1, 0.15) is 17.0 Å². The number of rotatable bonds is 6. The Balaban J connectivity index is 1.56. The molecule has 1 saturated carbocycles. The molecule has 194 valence electrons. The molecule has 0 amide bonds. The van der Waals surface area contributed by atoms with Gasteiger partial charge in [0.2, 0.25) is 10.0 Å². The molecule has 0 spiro atoms. The summed E-state index contributed by atoms with van der Waals surface area (Å²) in [7, 11) is -2.19. The number of nitrogens with one attached hydrogen (secondary N) is 2. The highest BCUT2D eigenvalue weighted by Gasteiger charge is 2.28. The minimum absolute atomic E-state index is 0.159. The molecular formula is C25H34N6O4S. The SMILES string of the molecule is CCn1nc(C2CCCCC2)c2c(=O)[nH]c(-c3ccc(S(=O)(=O)N4CCCNCC4)cc3OC)nc21. The van der Waals surface area contributed by atoms with Crippen LogP contribution in [0, 0.1) is 0 Å². The first-order valence-corrected chi connectivity index (χ1v) is 14.3. The van der Waals surface area contributed by atoms with E-state index in [2.05, 4.69) is 10.3 Å². The highest BCUT2D eigenvalue weighted by atomic mass is 32.2. The highest BCUT2D eigenvalue weighted by Crippen LogP contribution is 2.36. The quantitative estimate of drug-likeness (QED) is 0.519. The van der Waals surface area contributed by atoms with E-state index < -0.39 is 10.0 Å². The lowest BCUT2D eigenvalue weighted by molar-refractivity contribution is 0.412. The van der Waals surface area contributed by atoms with Gasteiger partial charge >= 0.3 is 0 Å². The summed E-state index contributed by atoms with van der Waals surface area (Å²) in [5.74, 6) is 0.940. The third-order valence-electron chi connectivity index (χ3n) is 7.29. The van der Waals surface area contributed by atoms with Crippen LogP contribution in [-0.4, -0.2) is 65.8 Å². The Labute approximate surface area is 211 Å². The van der Waals surface area contributed by atoms with Crippen molar-refractivity contribution < 1.29 is 13.2 Å². The fraction of sp³-hybridized carbons (Fsp3) is 0.560. The van der Waals surface area contributed by atoms with E-state index in [0.717, 1.165) is 44.3 Å². The minimum Gasteiger partial charge on any atom is -0.496 e. The molecule has 3 heterocycles. The fourth-order valence-electron chi connectivity index (χ4n) is 5.35. The first-order chi connectivity index (χ1) is 17.4. The molecule has 3 aromatic rings. The Kier molecular flexibility index (Phi) is 7.14. The summed E-state index contributed by atoms with van der Waals surface area (Å²) >= 11 is 0. The van der Waals surface area contributed by atoms with Gasteiger partial charge in [-0.15, -0.1) is 0 Å². The first-order valence-electron chi connectivity index (χ1n) is 12.8. The predicted octanol–water partition coefficient (Wildman–Crippen LogP) is 2.85. The van der Waals surface area contributed by atoms with Crippen molar-refractivity contribution >= 4 is 21.1 Å². The maximum atomic E-state index is 13.3. The van der Waals surface area contributed by atoms with Gasteiger partial charge in [-0.1, -0.05) is 19.3 Å². The molecule has 2 aliphatic rings. The van der Waals surface area contributed by atoms with Gasteiger partial charge in [0.25, 0.3) is 5.56 Å². The smallest absolute Gasteiger partial charge is 0.262 e. The molecule has 0 radical (unpaired) electrons. The van der Waals surface area contributed by atoms with E-state index in [1.165, 1.54) is 23.9 Å². The van der Waals surface area contributed by atoms with E-state index >= 15 is 0 Å². The first kappa shape index (κ1) is 24.9.